The summed E-state index contributed by atoms with van der Waals surface area (Å²) in [6, 6.07) is 0.557. The number of hydrogen-bond donors (Lipinski definition) is 1. The predicted octanol–water partition coefficient (Wildman–Crippen LogP) is 3.76. The molecule has 2 fully saturated rings. The first-order valence-corrected chi connectivity index (χ1v) is 9.82. The van der Waals surface area contributed by atoms with E-state index in [1.165, 1.54) is 57.1 Å². The molecule has 0 heterocycles. The van der Waals surface area contributed by atoms with E-state index in [1.807, 2.05) is 0 Å². The number of nitrogens with one attached hydrogen (secondary N) is 1. The van der Waals surface area contributed by atoms with E-state index >= 15 is 0 Å². The van der Waals surface area contributed by atoms with Crippen LogP contribution < -0.4 is 5.32 Å². The van der Waals surface area contributed by atoms with Gasteiger partial charge in [-0.1, -0.05) is 26.2 Å². The summed E-state index contributed by atoms with van der Waals surface area (Å²) < 4.78 is 5.15. The molecule has 3 nitrogen and oxygen atoms in total. The predicted molar refractivity (Wildman–Crippen MR) is 89.7 cm³/mol. The zero-order valence-corrected chi connectivity index (χ0v) is 14.5. The minimum atomic E-state index is -0.375. The largest absolute Gasteiger partial charge is 0.468 e. The first-order valence-electron chi connectivity index (χ1n) is 8.66. The second-order valence-electron chi connectivity index (χ2n) is 6.58. The van der Waals surface area contributed by atoms with Crippen molar-refractivity contribution >= 4 is 17.7 Å². The van der Waals surface area contributed by atoms with Gasteiger partial charge in [0.15, 0.2) is 0 Å². The Bertz CT molecular complexity index is 333. The molecule has 2 atom stereocenters. The highest BCUT2D eigenvalue weighted by atomic mass is 32.2. The molecule has 0 saturated heterocycles. The zero-order valence-electron chi connectivity index (χ0n) is 13.7. The topological polar surface area (TPSA) is 38.3 Å². The quantitative estimate of drug-likeness (QED) is 0.492. The van der Waals surface area contributed by atoms with Crippen LogP contribution in [0.15, 0.2) is 0 Å². The lowest BCUT2D eigenvalue weighted by Gasteiger charge is -2.34. The average molecular weight is 314 g/mol. The van der Waals surface area contributed by atoms with Crippen molar-refractivity contribution in [1.29, 1.82) is 0 Å². The number of methoxy groups -OCH3 is 1. The first kappa shape index (κ1) is 17.1. The van der Waals surface area contributed by atoms with E-state index in [0.29, 0.717) is 12.0 Å². The molecule has 2 rings (SSSR count). The maximum atomic E-state index is 12.4. The Morgan fingerprint density at radius 1 is 1.29 bits per heavy atom. The Morgan fingerprint density at radius 2 is 2.10 bits per heavy atom. The maximum Gasteiger partial charge on any atom is 0.326 e. The van der Waals surface area contributed by atoms with Crippen molar-refractivity contribution in [2.45, 2.75) is 76.3 Å². The Labute approximate surface area is 134 Å². The van der Waals surface area contributed by atoms with Crippen LogP contribution in [0.1, 0.15) is 64.7 Å². The van der Waals surface area contributed by atoms with Crippen molar-refractivity contribution in [3.63, 3.8) is 0 Å². The minimum absolute atomic E-state index is 0.0205. The normalized spacial score (nSPS) is 28.8. The number of rotatable bonds is 10. The molecule has 0 spiro atoms. The van der Waals surface area contributed by atoms with Crippen LogP contribution in [0.3, 0.4) is 0 Å². The van der Waals surface area contributed by atoms with Crippen LogP contribution in [0.2, 0.25) is 0 Å². The number of unbranched alkanes of at least 4 members (excludes halogenated alkanes) is 2. The van der Waals surface area contributed by atoms with E-state index in [9.17, 15) is 4.79 Å². The van der Waals surface area contributed by atoms with Crippen LogP contribution in [0.25, 0.3) is 0 Å². The van der Waals surface area contributed by atoms with Gasteiger partial charge >= 0.3 is 5.97 Å². The van der Waals surface area contributed by atoms with Gasteiger partial charge in [-0.2, -0.15) is 11.8 Å². The number of ether oxygens (including phenoxy) is 1. The lowest BCUT2D eigenvalue weighted by molar-refractivity contribution is -0.150. The molecule has 0 bridgehead atoms. The third kappa shape index (κ3) is 4.62. The third-order valence-electron chi connectivity index (χ3n) is 4.91. The third-order valence-corrected chi connectivity index (χ3v) is 6.01. The number of carbonyl (C=O) groups is 1. The molecule has 2 aliphatic rings. The molecule has 0 aromatic carbocycles. The van der Waals surface area contributed by atoms with Crippen molar-refractivity contribution < 1.29 is 9.53 Å². The standard InChI is InChI=1S/C17H31NO2S/c1-3-4-5-12-21-13-10-14-7-6-11-17(14,16(19)20-2)18-15-8-9-15/h14-15,18H,3-13H2,1-2H3. The van der Waals surface area contributed by atoms with E-state index in [2.05, 4.69) is 24.0 Å². The second kappa shape index (κ2) is 8.42. The maximum absolute atomic E-state index is 12.4. The molecular formula is C17H31NO2S. The average Bonchev–Trinajstić information content (AvgIpc) is 3.21. The SMILES string of the molecule is CCCCCSCCC1CCCC1(NC1CC1)C(=O)OC. The van der Waals surface area contributed by atoms with Gasteiger partial charge in [-0.3, -0.25) is 10.1 Å². The highest BCUT2D eigenvalue weighted by Crippen LogP contribution is 2.41. The number of hydrogen-bond acceptors (Lipinski definition) is 4. The van der Waals surface area contributed by atoms with Crippen LogP contribution >= 0.6 is 11.8 Å². The van der Waals surface area contributed by atoms with Gasteiger partial charge in [-0.15, -0.1) is 0 Å². The van der Waals surface area contributed by atoms with Crippen molar-refractivity contribution in [2.75, 3.05) is 18.6 Å². The van der Waals surface area contributed by atoms with E-state index in [-0.39, 0.29) is 11.5 Å². The highest BCUT2D eigenvalue weighted by Gasteiger charge is 2.51. The monoisotopic (exact) mass is 313 g/mol. The molecule has 1 N–H and O–H groups in total. The van der Waals surface area contributed by atoms with E-state index in [4.69, 9.17) is 4.74 Å². The summed E-state index contributed by atoms with van der Waals surface area (Å²) in [6.07, 6.45) is 10.8. The molecule has 2 aliphatic carbocycles. The Morgan fingerprint density at radius 3 is 2.76 bits per heavy atom. The fraction of sp³-hybridized carbons (Fsp3) is 0.941. The van der Waals surface area contributed by atoms with Crippen molar-refractivity contribution in [3.05, 3.63) is 0 Å². The summed E-state index contributed by atoms with van der Waals surface area (Å²) in [5, 5.41) is 3.64. The first-order chi connectivity index (χ1) is 10.2. The highest BCUT2D eigenvalue weighted by molar-refractivity contribution is 7.99. The molecule has 122 valence electrons. The van der Waals surface area contributed by atoms with E-state index in [0.717, 1.165) is 19.3 Å². The summed E-state index contributed by atoms with van der Waals surface area (Å²) in [4.78, 5) is 12.4. The lowest BCUT2D eigenvalue weighted by Crippen LogP contribution is -2.56. The zero-order chi connectivity index (χ0) is 15.1. The molecule has 0 amide bonds. The van der Waals surface area contributed by atoms with Crippen LogP contribution in [0, 0.1) is 5.92 Å². The second-order valence-corrected chi connectivity index (χ2v) is 7.80. The van der Waals surface area contributed by atoms with Gasteiger partial charge in [0, 0.05) is 6.04 Å². The van der Waals surface area contributed by atoms with E-state index < -0.39 is 0 Å². The van der Waals surface area contributed by atoms with Crippen molar-refractivity contribution in [2.24, 2.45) is 5.92 Å². The van der Waals surface area contributed by atoms with Crippen LogP contribution in [0.4, 0.5) is 0 Å². The van der Waals surface area contributed by atoms with Crippen LogP contribution in [-0.2, 0) is 9.53 Å². The van der Waals surface area contributed by atoms with Crippen molar-refractivity contribution in [1.82, 2.24) is 5.32 Å². The summed E-state index contributed by atoms with van der Waals surface area (Å²) in [6.45, 7) is 2.25. The fourth-order valence-corrected chi connectivity index (χ4v) is 4.61. The molecule has 2 saturated carbocycles. The van der Waals surface area contributed by atoms with Gasteiger partial charge in [0.05, 0.1) is 7.11 Å². The minimum Gasteiger partial charge on any atom is -0.468 e. The molecule has 2 unspecified atom stereocenters. The fourth-order valence-electron chi connectivity index (χ4n) is 3.54. The molecule has 0 aliphatic heterocycles. The molecule has 0 aromatic rings. The van der Waals surface area contributed by atoms with Gasteiger partial charge in [-0.25, -0.2) is 0 Å². The van der Waals surface area contributed by atoms with Crippen LogP contribution in [-0.4, -0.2) is 36.2 Å². The summed E-state index contributed by atoms with van der Waals surface area (Å²) in [5.41, 5.74) is -0.375. The smallest absolute Gasteiger partial charge is 0.326 e. The summed E-state index contributed by atoms with van der Waals surface area (Å²) in [7, 11) is 1.54. The van der Waals surface area contributed by atoms with Crippen LogP contribution in [0.5, 0.6) is 0 Å². The van der Waals surface area contributed by atoms with Gasteiger partial charge in [0.1, 0.15) is 5.54 Å². The van der Waals surface area contributed by atoms with Gasteiger partial charge in [-0.05, 0) is 55.9 Å². The molecule has 4 heteroatoms. The Balaban J connectivity index is 1.82. The number of carbonyl (C=O) groups excluding carboxylic acids is 1. The number of esters is 1. The van der Waals surface area contributed by atoms with E-state index in [1.54, 1.807) is 0 Å². The Kier molecular flexibility index (Phi) is 6.87. The Hall–Kier alpha value is -0.220. The summed E-state index contributed by atoms with van der Waals surface area (Å²) >= 11 is 2.05. The summed E-state index contributed by atoms with van der Waals surface area (Å²) in [5.74, 6) is 2.89. The molecule has 0 radical (unpaired) electrons. The van der Waals surface area contributed by atoms with Crippen molar-refractivity contribution in [3.8, 4) is 0 Å². The molecular weight excluding hydrogens is 282 g/mol. The van der Waals surface area contributed by atoms with Gasteiger partial charge in [0.25, 0.3) is 0 Å². The lowest BCUT2D eigenvalue weighted by atomic mass is 9.84. The molecule has 21 heavy (non-hydrogen) atoms. The number of thioether (sulfide) groups is 1. The molecule has 0 aromatic heterocycles. The van der Waals surface area contributed by atoms with Gasteiger partial charge in [0.2, 0.25) is 0 Å². The van der Waals surface area contributed by atoms with Gasteiger partial charge < -0.3 is 4.74 Å².